The van der Waals surface area contributed by atoms with Crippen LogP contribution >= 0.6 is 0 Å². The molecule has 1 atom stereocenters. The number of sulfone groups is 1. The molecule has 1 N–H and O–H groups in total. The Morgan fingerprint density at radius 1 is 1.55 bits per heavy atom. The van der Waals surface area contributed by atoms with Gasteiger partial charge in [-0.3, -0.25) is 9.89 Å². The molecular formula is C14H17N3O4S. The third-order valence-electron chi connectivity index (χ3n) is 3.79. The Kier molecular flexibility index (Phi) is 3.78. The number of hydrogen-bond acceptors (Lipinski definition) is 5. The molecule has 1 aliphatic heterocycles. The lowest BCUT2D eigenvalue weighted by molar-refractivity contribution is 0.0789. The summed E-state index contributed by atoms with van der Waals surface area (Å²) in [7, 11) is -3.02. The van der Waals surface area contributed by atoms with Gasteiger partial charge in [0.15, 0.2) is 0 Å². The number of amides is 1. The topological polar surface area (TPSA) is 96.3 Å². The minimum absolute atomic E-state index is 0.00299. The number of aromatic amines is 1. The monoisotopic (exact) mass is 323 g/mol. The first-order valence-corrected chi connectivity index (χ1v) is 9.03. The molecule has 1 fully saturated rings. The van der Waals surface area contributed by atoms with Crippen molar-refractivity contribution in [1.82, 2.24) is 15.1 Å². The SMILES string of the molecule is CS(=O)(=O)CC1CCN(C(=O)c2cn[nH]c2-c2ccoc2)C1. The van der Waals surface area contributed by atoms with Crippen LogP contribution in [0.4, 0.5) is 0 Å². The van der Waals surface area contributed by atoms with Crippen LogP contribution in [0.25, 0.3) is 11.3 Å². The summed E-state index contributed by atoms with van der Waals surface area (Å²) in [5, 5.41) is 6.75. The van der Waals surface area contributed by atoms with Crippen LogP contribution in [0.1, 0.15) is 16.8 Å². The number of furan rings is 1. The van der Waals surface area contributed by atoms with E-state index in [4.69, 9.17) is 4.42 Å². The Hall–Kier alpha value is -2.09. The molecule has 1 aliphatic rings. The van der Waals surface area contributed by atoms with E-state index in [0.29, 0.717) is 30.8 Å². The number of likely N-dealkylation sites (tertiary alicyclic amines) is 1. The number of H-pyrrole nitrogens is 1. The van der Waals surface area contributed by atoms with Gasteiger partial charge in [0.25, 0.3) is 5.91 Å². The van der Waals surface area contributed by atoms with Crippen LogP contribution in [-0.2, 0) is 9.84 Å². The van der Waals surface area contributed by atoms with Gasteiger partial charge in [-0.25, -0.2) is 8.42 Å². The highest BCUT2D eigenvalue weighted by Crippen LogP contribution is 2.25. The van der Waals surface area contributed by atoms with Crippen molar-refractivity contribution >= 4 is 15.7 Å². The Bertz CT molecular complexity index is 764. The van der Waals surface area contributed by atoms with E-state index in [2.05, 4.69) is 10.2 Å². The summed E-state index contributed by atoms with van der Waals surface area (Å²) in [6, 6.07) is 1.75. The van der Waals surface area contributed by atoms with Crippen LogP contribution in [-0.4, -0.2) is 54.5 Å². The summed E-state index contributed by atoms with van der Waals surface area (Å²) < 4.78 is 27.8. The molecule has 2 aromatic heterocycles. The van der Waals surface area contributed by atoms with Crippen molar-refractivity contribution in [2.24, 2.45) is 5.92 Å². The Balaban J connectivity index is 1.75. The van der Waals surface area contributed by atoms with E-state index in [1.807, 2.05) is 0 Å². The van der Waals surface area contributed by atoms with Crippen LogP contribution in [0.3, 0.4) is 0 Å². The number of aromatic nitrogens is 2. The van der Waals surface area contributed by atoms with Gasteiger partial charge in [-0.15, -0.1) is 0 Å². The maximum atomic E-state index is 12.6. The van der Waals surface area contributed by atoms with E-state index in [1.54, 1.807) is 17.2 Å². The molecule has 1 unspecified atom stereocenters. The molecule has 0 aliphatic carbocycles. The molecule has 0 bridgehead atoms. The third-order valence-corrected chi connectivity index (χ3v) is 4.87. The molecular weight excluding hydrogens is 306 g/mol. The number of nitrogens with one attached hydrogen (secondary N) is 1. The molecule has 3 rings (SSSR count). The van der Waals surface area contributed by atoms with Gasteiger partial charge in [-0.2, -0.15) is 5.10 Å². The summed E-state index contributed by atoms with van der Waals surface area (Å²) in [6.45, 7) is 1.02. The predicted molar refractivity (Wildman–Crippen MR) is 80.0 cm³/mol. The molecule has 22 heavy (non-hydrogen) atoms. The zero-order chi connectivity index (χ0) is 15.7. The van der Waals surface area contributed by atoms with Gasteiger partial charge < -0.3 is 9.32 Å². The van der Waals surface area contributed by atoms with Crippen molar-refractivity contribution in [3.8, 4) is 11.3 Å². The summed E-state index contributed by atoms with van der Waals surface area (Å²) in [6.07, 6.45) is 6.50. The normalized spacial score (nSPS) is 18.8. The van der Waals surface area contributed by atoms with E-state index in [0.717, 1.165) is 5.56 Å². The first-order valence-electron chi connectivity index (χ1n) is 6.97. The highest BCUT2D eigenvalue weighted by molar-refractivity contribution is 7.90. The highest BCUT2D eigenvalue weighted by Gasteiger charge is 2.30. The summed E-state index contributed by atoms with van der Waals surface area (Å²) in [4.78, 5) is 14.3. The smallest absolute Gasteiger partial charge is 0.257 e. The second-order valence-electron chi connectivity index (χ2n) is 5.67. The summed E-state index contributed by atoms with van der Waals surface area (Å²) >= 11 is 0. The van der Waals surface area contributed by atoms with E-state index in [9.17, 15) is 13.2 Å². The average molecular weight is 323 g/mol. The van der Waals surface area contributed by atoms with Crippen LogP contribution in [0, 0.1) is 5.92 Å². The molecule has 3 heterocycles. The van der Waals surface area contributed by atoms with Crippen molar-refractivity contribution in [1.29, 1.82) is 0 Å². The van der Waals surface area contributed by atoms with Crippen LogP contribution in [0.2, 0.25) is 0 Å². The zero-order valence-corrected chi connectivity index (χ0v) is 13.0. The molecule has 8 heteroatoms. The van der Waals surface area contributed by atoms with E-state index in [-0.39, 0.29) is 17.6 Å². The Labute approximate surface area is 128 Å². The fourth-order valence-electron chi connectivity index (χ4n) is 2.83. The fraction of sp³-hybridized carbons (Fsp3) is 0.429. The first-order chi connectivity index (χ1) is 10.4. The van der Waals surface area contributed by atoms with Gasteiger partial charge in [0.1, 0.15) is 9.84 Å². The number of carbonyl (C=O) groups excluding carboxylic acids is 1. The van der Waals surface area contributed by atoms with Crippen LogP contribution < -0.4 is 0 Å². The summed E-state index contributed by atoms with van der Waals surface area (Å²) in [5.41, 5.74) is 1.85. The standard InChI is InChI=1S/C14H17N3O4S/c1-22(19,20)9-10-2-4-17(7-10)14(18)12-6-15-16-13(12)11-3-5-21-8-11/h3,5-6,8,10H,2,4,7,9H2,1H3,(H,15,16). The van der Waals surface area contributed by atoms with E-state index in [1.165, 1.54) is 18.7 Å². The quantitative estimate of drug-likeness (QED) is 0.911. The zero-order valence-electron chi connectivity index (χ0n) is 12.2. The van der Waals surface area contributed by atoms with Gasteiger partial charge in [0.2, 0.25) is 0 Å². The largest absolute Gasteiger partial charge is 0.472 e. The van der Waals surface area contributed by atoms with E-state index < -0.39 is 9.84 Å². The molecule has 0 spiro atoms. The third kappa shape index (κ3) is 3.06. The average Bonchev–Trinajstić information content (AvgIpc) is 3.17. The molecule has 0 radical (unpaired) electrons. The van der Waals surface area contributed by atoms with Gasteiger partial charge >= 0.3 is 0 Å². The number of carbonyl (C=O) groups is 1. The van der Waals surface area contributed by atoms with Gasteiger partial charge in [0.05, 0.1) is 35.7 Å². The van der Waals surface area contributed by atoms with Crippen molar-refractivity contribution in [3.63, 3.8) is 0 Å². The molecule has 0 aromatic carbocycles. The lowest BCUT2D eigenvalue weighted by Gasteiger charge is -2.16. The Morgan fingerprint density at radius 2 is 2.36 bits per heavy atom. The minimum Gasteiger partial charge on any atom is -0.472 e. The van der Waals surface area contributed by atoms with E-state index >= 15 is 0 Å². The minimum atomic E-state index is -3.02. The molecule has 2 aromatic rings. The number of hydrogen-bond donors (Lipinski definition) is 1. The fourth-order valence-corrected chi connectivity index (χ4v) is 3.96. The maximum Gasteiger partial charge on any atom is 0.257 e. The molecule has 1 saturated heterocycles. The lowest BCUT2D eigenvalue weighted by Crippen LogP contribution is -2.29. The number of rotatable bonds is 4. The summed E-state index contributed by atoms with van der Waals surface area (Å²) in [5.74, 6) is -0.0132. The maximum absolute atomic E-state index is 12.6. The lowest BCUT2D eigenvalue weighted by atomic mass is 10.1. The number of nitrogens with zero attached hydrogens (tertiary/aromatic N) is 2. The van der Waals surface area contributed by atoms with Gasteiger partial charge in [-0.05, 0) is 18.4 Å². The molecule has 118 valence electrons. The molecule has 1 amide bonds. The van der Waals surface area contributed by atoms with Crippen molar-refractivity contribution < 1.29 is 17.6 Å². The first kappa shape index (κ1) is 14.8. The van der Waals surface area contributed by atoms with Crippen molar-refractivity contribution in [2.75, 3.05) is 25.1 Å². The second kappa shape index (κ2) is 5.60. The second-order valence-corrected chi connectivity index (χ2v) is 7.85. The molecule has 0 saturated carbocycles. The van der Waals surface area contributed by atoms with Gasteiger partial charge in [-0.1, -0.05) is 0 Å². The van der Waals surface area contributed by atoms with Gasteiger partial charge in [0, 0.05) is 24.9 Å². The van der Waals surface area contributed by atoms with Crippen molar-refractivity contribution in [2.45, 2.75) is 6.42 Å². The molecule has 7 nitrogen and oxygen atoms in total. The predicted octanol–water partition coefficient (Wildman–Crippen LogP) is 1.18. The highest BCUT2D eigenvalue weighted by atomic mass is 32.2. The Morgan fingerprint density at radius 3 is 3.05 bits per heavy atom. The van der Waals surface area contributed by atoms with Crippen LogP contribution in [0.5, 0.6) is 0 Å². The van der Waals surface area contributed by atoms with Crippen LogP contribution in [0.15, 0.2) is 29.2 Å². The van der Waals surface area contributed by atoms with Crippen molar-refractivity contribution in [3.05, 3.63) is 30.4 Å².